The van der Waals surface area contributed by atoms with Gasteiger partial charge >= 0.3 is 40.9 Å². The van der Waals surface area contributed by atoms with Crippen LogP contribution in [0.2, 0.25) is 0 Å². The zero-order valence-corrected chi connectivity index (χ0v) is 24.8. The number of rotatable bonds is 0. The summed E-state index contributed by atoms with van der Waals surface area (Å²) >= 11 is 8.45. The second-order valence-electron chi connectivity index (χ2n) is 5.86. The summed E-state index contributed by atoms with van der Waals surface area (Å²) in [6, 6.07) is 0. The normalized spacial score (nSPS) is 10.2. The van der Waals surface area contributed by atoms with Crippen molar-refractivity contribution in [2.75, 3.05) is 4.93 Å². The number of halogens is 3. The molecule has 0 fully saturated rings. The minimum Gasteiger partial charge on any atom is -1.00 e. The Morgan fingerprint density at radius 2 is 1.42 bits per heavy atom. The number of H-pyrrole nitrogens is 2. The molecule has 0 aliphatic rings. The van der Waals surface area contributed by atoms with Gasteiger partial charge < -0.3 is 11.0 Å². The Morgan fingerprint density at radius 3 is 2.00 bits per heavy atom. The zero-order chi connectivity index (χ0) is 22.9. The number of nitrogens with zero attached hydrogens (tertiary/aromatic N) is 6. The van der Waals surface area contributed by atoms with E-state index in [-0.39, 0.29) is 47.7 Å². The van der Waals surface area contributed by atoms with Crippen LogP contribution in [0.3, 0.4) is 0 Å². The van der Waals surface area contributed by atoms with Crippen LogP contribution >= 0.6 is 54.5 Å². The van der Waals surface area contributed by atoms with E-state index in [4.69, 9.17) is 0 Å². The number of imidazole rings is 2. The largest absolute Gasteiger partial charge is 1.00 e. The molecule has 0 aliphatic heterocycles. The average molecular weight is 684 g/mol. The van der Waals surface area contributed by atoms with Crippen LogP contribution in [0.25, 0.3) is 22.3 Å². The van der Waals surface area contributed by atoms with Crippen molar-refractivity contribution in [1.82, 2.24) is 38.2 Å². The number of hydrogen-bond donors (Lipinski definition) is 2. The summed E-state index contributed by atoms with van der Waals surface area (Å²) in [7, 11) is 6.29. The quantitative estimate of drug-likeness (QED) is 0.0917. The summed E-state index contributed by atoms with van der Waals surface area (Å²) in [5.74, 6) is 0. The van der Waals surface area contributed by atoms with Crippen LogP contribution in [0.15, 0.2) is 28.6 Å². The molecule has 31 heavy (non-hydrogen) atoms. The van der Waals surface area contributed by atoms with Crippen LogP contribution in [0.5, 0.6) is 0 Å². The summed E-state index contributed by atoms with van der Waals surface area (Å²) in [5.41, 5.74) is -0.238. The molecule has 0 amide bonds. The van der Waals surface area contributed by atoms with Crippen molar-refractivity contribution in [3.8, 4) is 0 Å². The number of fused-ring (bicyclic) bond motifs is 2. The van der Waals surface area contributed by atoms with Crippen molar-refractivity contribution in [3.63, 3.8) is 0 Å². The number of nitrogens with one attached hydrogen (secondary N) is 2. The van der Waals surface area contributed by atoms with Gasteiger partial charge in [0, 0.05) is 28.2 Å². The van der Waals surface area contributed by atoms with E-state index < -0.39 is 11.2 Å². The molecule has 0 saturated heterocycles. The number of alkyl halides is 1. The molecule has 0 aliphatic carbocycles. The molecule has 12 nitrogen and oxygen atoms in total. The van der Waals surface area contributed by atoms with E-state index in [1.807, 2.05) is 4.93 Å². The molecule has 0 aromatic carbocycles. The van der Waals surface area contributed by atoms with Gasteiger partial charge in [-0.1, -0.05) is 22.6 Å². The summed E-state index contributed by atoms with van der Waals surface area (Å²) in [4.78, 5) is 60.6. The summed E-state index contributed by atoms with van der Waals surface area (Å²) in [6.45, 7) is 0. The third-order valence-corrected chi connectivity index (χ3v) is 5.23. The molecule has 0 radical (unpaired) electrons. The molecular weight excluding hydrogens is 666 g/mol. The summed E-state index contributed by atoms with van der Waals surface area (Å²) < 4.78 is 6.23. The predicted molar refractivity (Wildman–Crippen MR) is 130 cm³/mol. The fourth-order valence-electron chi connectivity index (χ4n) is 2.57. The van der Waals surface area contributed by atoms with Crippen molar-refractivity contribution in [2.24, 2.45) is 28.2 Å². The fourth-order valence-corrected chi connectivity index (χ4v) is 3.28. The number of aromatic nitrogens is 8. The first-order chi connectivity index (χ1) is 14.0. The third-order valence-electron chi connectivity index (χ3n) is 4.15. The van der Waals surface area contributed by atoms with Crippen LogP contribution in [-0.4, -0.2) is 43.1 Å². The van der Waals surface area contributed by atoms with Crippen LogP contribution in [-0.2, 0) is 28.2 Å². The van der Waals surface area contributed by atoms with Crippen molar-refractivity contribution in [2.45, 2.75) is 0 Å². The van der Waals surface area contributed by atoms with E-state index in [1.54, 1.807) is 18.7 Å². The number of hydrogen-bond acceptors (Lipinski definition) is 6. The van der Waals surface area contributed by atoms with Crippen LogP contribution in [0, 0.1) is 0 Å². The van der Waals surface area contributed by atoms with E-state index in [1.165, 1.54) is 23.2 Å². The molecule has 0 atom stereocenters. The minimum absolute atomic E-state index is 0. The minimum atomic E-state index is -0.475. The maximum absolute atomic E-state index is 11.8. The van der Waals surface area contributed by atoms with Gasteiger partial charge in [0.15, 0.2) is 31.8 Å². The van der Waals surface area contributed by atoms with Crippen molar-refractivity contribution in [1.29, 1.82) is 0 Å². The average Bonchev–Trinajstić information content (AvgIpc) is 3.26. The number of aromatic amines is 2. The van der Waals surface area contributed by atoms with E-state index in [0.717, 1.165) is 4.57 Å². The van der Waals surface area contributed by atoms with E-state index in [0.29, 0.717) is 26.3 Å². The van der Waals surface area contributed by atoms with Gasteiger partial charge in [0.05, 0.1) is 0 Å². The molecule has 164 valence electrons. The predicted octanol–water partition coefficient (Wildman–Crippen LogP) is -2.39. The maximum Gasteiger partial charge on any atom is 1.00 e. The first-order valence-electron chi connectivity index (χ1n) is 8.04. The Bertz CT molecular complexity index is 1490. The molecule has 4 aromatic heterocycles. The van der Waals surface area contributed by atoms with Crippen molar-refractivity contribution < 1.29 is 31.0 Å². The van der Waals surface area contributed by atoms with Gasteiger partial charge in [-0.3, -0.25) is 28.3 Å². The van der Waals surface area contributed by atoms with E-state index >= 15 is 0 Å². The van der Waals surface area contributed by atoms with Crippen LogP contribution in [0.4, 0.5) is 0 Å². The van der Waals surface area contributed by atoms with Crippen molar-refractivity contribution >= 4 is 76.8 Å². The molecule has 16 heteroatoms. The third kappa shape index (κ3) is 5.32. The molecule has 0 bridgehead atoms. The van der Waals surface area contributed by atoms with E-state index in [2.05, 4.69) is 74.4 Å². The molecule has 2 N–H and O–H groups in total. The first-order valence-corrected chi connectivity index (χ1v) is 11.8. The van der Waals surface area contributed by atoms with Crippen LogP contribution in [0.1, 0.15) is 1.43 Å². The van der Waals surface area contributed by atoms with Gasteiger partial charge in [-0.05, 0) is 36.8 Å². The van der Waals surface area contributed by atoms with Crippen LogP contribution < -0.4 is 52.1 Å². The maximum atomic E-state index is 11.8. The van der Waals surface area contributed by atoms with Gasteiger partial charge in [-0.25, -0.2) is 19.6 Å². The molecule has 4 rings (SSSR count). The Balaban J connectivity index is 0.000000531. The Labute approximate surface area is 228 Å². The second-order valence-corrected chi connectivity index (χ2v) is 7.32. The van der Waals surface area contributed by atoms with Crippen molar-refractivity contribution in [3.05, 3.63) is 51.1 Å². The smallest absolute Gasteiger partial charge is 1.00 e. The second kappa shape index (κ2) is 11.2. The Morgan fingerprint density at radius 1 is 0.839 bits per heavy atom. The zero-order valence-electron chi connectivity index (χ0n) is 18.5. The molecule has 4 aromatic rings. The summed E-state index contributed by atoms with van der Waals surface area (Å²) in [6.07, 6.45) is 0. The number of aryl methyl sites for hydroxylation is 3. The topological polar surface area (TPSA) is 145 Å². The van der Waals surface area contributed by atoms with Gasteiger partial charge in [0.2, 0.25) is 0 Å². The van der Waals surface area contributed by atoms with Gasteiger partial charge in [-0.2, -0.15) is 0 Å². The molecule has 0 unspecified atom stereocenters. The van der Waals surface area contributed by atoms with E-state index in [9.17, 15) is 19.2 Å². The molecule has 0 saturated carbocycles. The first kappa shape index (κ1) is 28.0. The Hall–Kier alpha value is -1.01. The standard InChI is InChI=1S/C8H9BrN4O2.C6H5BrN4O2.CH3I.Na.H/c1-11-4-5(10-7(11)9)12(2)8(15)13(3)6(4)14;1-11-3-2(8-5(7)9-3)4(12)10-6(11)13;1-2;;/h1-3H3;1H3,(H,8,9)(H,10,12,13);1H3;;/q;;;+1;-1. The molecular formula is C15H18Br2IN8NaO4. The molecule has 4 heterocycles. The van der Waals surface area contributed by atoms with Gasteiger partial charge in [0.25, 0.3) is 11.1 Å². The van der Waals surface area contributed by atoms with Gasteiger partial charge in [0.1, 0.15) is 0 Å². The fraction of sp³-hybridized carbons (Fsp3) is 0.333. The SMILES string of the molecule is CI.Cn1c(=O)[nH]c(=O)c2[nH]c(Br)nc21.Cn1c(=O)c2c(nc(Br)n2C)n(C)c1=O.[H-].[Na+]. The molecule has 0 spiro atoms. The van der Waals surface area contributed by atoms with Gasteiger partial charge in [-0.15, -0.1) is 0 Å². The monoisotopic (exact) mass is 682 g/mol. The Kier molecular flexibility index (Phi) is 10.1. The summed E-state index contributed by atoms with van der Waals surface area (Å²) in [5, 5.41) is 0.